The molecule has 0 bridgehead atoms. The van der Waals surface area contributed by atoms with Gasteiger partial charge in [0.05, 0.1) is 0 Å². The summed E-state index contributed by atoms with van der Waals surface area (Å²) in [6, 6.07) is 0. The molecule has 2 unspecified atom stereocenters. The topological polar surface area (TPSA) is 41.6 Å². The first kappa shape index (κ1) is 13.5. The fourth-order valence-corrected chi connectivity index (χ4v) is 3.90. The monoisotopic (exact) mass is 276 g/mol. The van der Waals surface area contributed by atoms with E-state index in [1.165, 1.54) is 0 Å². The number of rotatable bonds is 0. The number of carbonyl (C=O) groups is 1. The summed E-state index contributed by atoms with van der Waals surface area (Å²) in [5.41, 5.74) is -0.984. The van der Waals surface area contributed by atoms with E-state index in [1.807, 2.05) is 14.0 Å². The SMILES string of the molecule is CC1NC(=O)C2(CC(C)(C)N(C)C(S)(S)C2)O1. The van der Waals surface area contributed by atoms with Gasteiger partial charge in [-0.25, -0.2) is 0 Å². The van der Waals surface area contributed by atoms with Gasteiger partial charge in [0, 0.05) is 18.4 Å². The molecule has 2 saturated heterocycles. The summed E-state index contributed by atoms with van der Waals surface area (Å²) in [6.45, 7) is 6.00. The lowest BCUT2D eigenvalue weighted by atomic mass is 9.79. The van der Waals surface area contributed by atoms with E-state index in [9.17, 15) is 4.79 Å². The normalized spacial score (nSPS) is 40.6. The van der Waals surface area contributed by atoms with Crippen molar-refractivity contribution < 1.29 is 9.53 Å². The Bertz CT molecular complexity index is 339. The van der Waals surface area contributed by atoms with Crippen molar-refractivity contribution in [3.8, 4) is 0 Å². The minimum Gasteiger partial charge on any atom is -0.342 e. The molecule has 6 heteroatoms. The Morgan fingerprint density at radius 1 is 1.41 bits per heavy atom. The van der Waals surface area contributed by atoms with Gasteiger partial charge in [0.25, 0.3) is 5.91 Å². The quantitative estimate of drug-likeness (QED) is 0.460. The number of likely N-dealkylation sites (tertiary alicyclic amines) is 1. The lowest BCUT2D eigenvalue weighted by Gasteiger charge is -2.54. The summed E-state index contributed by atoms with van der Waals surface area (Å²) in [6.07, 6.45) is 0.886. The van der Waals surface area contributed by atoms with Crippen LogP contribution in [0.3, 0.4) is 0 Å². The molecular weight excluding hydrogens is 256 g/mol. The highest BCUT2D eigenvalue weighted by atomic mass is 32.2. The van der Waals surface area contributed by atoms with Gasteiger partial charge in [-0.05, 0) is 27.8 Å². The second kappa shape index (κ2) is 3.79. The summed E-state index contributed by atoms with van der Waals surface area (Å²) in [5, 5.41) is 2.82. The van der Waals surface area contributed by atoms with Crippen LogP contribution in [0.2, 0.25) is 0 Å². The molecule has 0 radical (unpaired) electrons. The predicted octanol–water partition coefficient (Wildman–Crippen LogP) is 1.24. The first-order valence-corrected chi connectivity index (χ1v) is 6.66. The zero-order valence-electron chi connectivity index (χ0n) is 10.6. The van der Waals surface area contributed by atoms with Crippen molar-refractivity contribution in [2.45, 2.75) is 55.2 Å². The van der Waals surface area contributed by atoms with Crippen molar-refractivity contribution in [1.82, 2.24) is 10.2 Å². The van der Waals surface area contributed by atoms with Crippen molar-refractivity contribution in [1.29, 1.82) is 0 Å². The molecule has 4 nitrogen and oxygen atoms in total. The molecule has 2 aliphatic heterocycles. The summed E-state index contributed by atoms with van der Waals surface area (Å²) in [5.74, 6) is -0.0429. The molecule has 0 aromatic rings. The Morgan fingerprint density at radius 3 is 2.41 bits per heavy atom. The van der Waals surface area contributed by atoms with Gasteiger partial charge in [-0.3, -0.25) is 9.69 Å². The van der Waals surface area contributed by atoms with E-state index in [0.29, 0.717) is 12.8 Å². The van der Waals surface area contributed by atoms with Gasteiger partial charge in [-0.2, -0.15) is 0 Å². The Balaban J connectivity index is 2.37. The molecule has 98 valence electrons. The zero-order valence-corrected chi connectivity index (χ0v) is 12.4. The van der Waals surface area contributed by atoms with Crippen molar-refractivity contribution in [3.05, 3.63) is 0 Å². The lowest BCUT2D eigenvalue weighted by Crippen LogP contribution is -2.64. The number of ether oxygens (including phenoxy) is 1. The third-order valence-electron chi connectivity index (χ3n) is 3.84. The highest BCUT2D eigenvalue weighted by Gasteiger charge is 2.59. The van der Waals surface area contributed by atoms with E-state index < -0.39 is 9.80 Å². The Hall–Kier alpha value is 0.0900. The molecule has 1 spiro atoms. The van der Waals surface area contributed by atoms with Crippen molar-refractivity contribution in [2.75, 3.05) is 7.05 Å². The minimum absolute atomic E-state index is 0.0429. The van der Waals surface area contributed by atoms with E-state index in [0.717, 1.165) is 0 Å². The molecular formula is C11H20N2O2S2. The van der Waals surface area contributed by atoms with Gasteiger partial charge in [0.15, 0.2) is 5.60 Å². The van der Waals surface area contributed by atoms with Gasteiger partial charge in [0.2, 0.25) is 0 Å². The number of nitrogens with zero attached hydrogens (tertiary/aromatic N) is 1. The highest BCUT2D eigenvalue weighted by Crippen LogP contribution is 2.49. The maximum atomic E-state index is 12.1. The molecule has 2 rings (SSSR count). The first-order valence-electron chi connectivity index (χ1n) is 5.77. The molecule has 17 heavy (non-hydrogen) atoms. The van der Waals surface area contributed by atoms with Crippen molar-refractivity contribution >= 4 is 31.2 Å². The summed E-state index contributed by atoms with van der Waals surface area (Å²) < 4.78 is 5.19. The number of thiol groups is 2. The average molecular weight is 276 g/mol. The second-order valence-corrected chi connectivity index (χ2v) is 7.56. The van der Waals surface area contributed by atoms with Crippen LogP contribution in [0.5, 0.6) is 0 Å². The van der Waals surface area contributed by atoms with Crippen LogP contribution in [0.4, 0.5) is 0 Å². The van der Waals surface area contributed by atoms with Crippen LogP contribution in [0.1, 0.15) is 33.6 Å². The predicted molar refractivity (Wildman–Crippen MR) is 73.2 cm³/mol. The van der Waals surface area contributed by atoms with E-state index in [-0.39, 0.29) is 17.7 Å². The molecule has 0 aromatic carbocycles. The molecule has 0 saturated carbocycles. The standard InChI is InChI=1S/C11H20N2O2S2/c1-7-12-8(14)10(15-7)5-9(2,3)13(4)11(16,17)6-10/h7,16-17H,5-6H2,1-4H3,(H,12,14). The Morgan fingerprint density at radius 2 is 2.00 bits per heavy atom. The Kier molecular flexibility index (Phi) is 3.01. The van der Waals surface area contributed by atoms with E-state index in [2.05, 4.69) is 49.3 Å². The van der Waals surface area contributed by atoms with Crippen LogP contribution in [0.15, 0.2) is 0 Å². The van der Waals surface area contributed by atoms with Gasteiger partial charge in [-0.15, -0.1) is 25.3 Å². The molecule has 1 N–H and O–H groups in total. The smallest absolute Gasteiger partial charge is 0.254 e. The Labute approximate surface area is 113 Å². The lowest BCUT2D eigenvalue weighted by molar-refractivity contribution is -0.150. The zero-order chi connectivity index (χ0) is 13.1. The van der Waals surface area contributed by atoms with Gasteiger partial charge in [-0.1, -0.05) is 0 Å². The maximum Gasteiger partial charge on any atom is 0.254 e. The molecule has 2 aliphatic rings. The third-order valence-corrected chi connectivity index (χ3v) is 4.75. The number of carbonyl (C=O) groups excluding carboxylic acids is 1. The molecule has 2 heterocycles. The van der Waals surface area contributed by atoms with E-state index in [1.54, 1.807) is 0 Å². The molecule has 0 aliphatic carbocycles. The van der Waals surface area contributed by atoms with Crippen LogP contribution in [0, 0.1) is 0 Å². The molecule has 2 fully saturated rings. The minimum atomic E-state index is -0.793. The largest absolute Gasteiger partial charge is 0.342 e. The molecule has 1 amide bonds. The van der Waals surface area contributed by atoms with Crippen LogP contribution in [-0.2, 0) is 9.53 Å². The first-order chi connectivity index (χ1) is 7.59. The highest BCUT2D eigenvalue weighted by molar-refractivity contribution is 8.00. The molecule has 0 aromatic heterocycles. The number of hydrogen-bond donors (Lipinski definition) is 3. The van der Waals surface area contributed by atoms with Crippen LogP contribution < -0.4 is 5.32 Å². The van der Waals surface area contributed by atoms with E-state index >= 15 is 0 Å². The van der Waals surface area contributed by atoms with Crippen molar-refractivity contribution in [2.24, 2.45) is 0 Å². The van der Waals surface area contributed by atoms with Crippen molar-refractivity contribution in [3.63, 3.8) is 0 Å². The van der Waals surface area contributed by atoms with Gasteiger partial charge < -0.3 is 10.1 Å². The summed E-state index contributed by atoms with van der Waals surface area (Å²) >= 11 is 9.15. The summed E-state index contributed by atoms with van der Waals surface area (Å²) in [4.78, 5) is 14.2. The van der Waals surface area contributed by atoms with Crippen LogP contribution >= 0.6 is 25.3 Å². The fraction of sp³-hybridized carbons (Fsp3) is 0.909. The van der Waals surface area contributed by atoms with E-state index in [4.69, 9.17) is 4.74 Å². The van der Waals surface area contributed by atoms with Crippen LogP contribution in [0.25, 0.3) is 0 Å². The average Bonchev–Trinajstić information content (AvgIpc) is 2.36. The summed E-state index contributed by atoms with van der Waals surface area (Å²) in [7, 11) is 1.98. The maximum absolute atomic E-state index is 12.1. The van der Waals surface area contributed by atoms with Gasteiger partial charge >= 0.3 is 0 Å². The number of piperidine rings is 1. The number of nitrogens with one attached hydrogen (secondary N) is 1. The second-order valence-electron chi connectivity index (χ2n) is 5.73. The number of hydrogen-bond acceptors (Lipinski definition) is 5. The van der Waals surface area contributed by atoms with Gasteiger partial charge in [0.1, 0.15) is 10.4 Å². The van der Waals surface area contributed by atoms with Crippen LogP contribution in [-0.4, -0.2) is 39.4 Å². The number of amides is 1. The fourth-order valence-electron chi connectivity index (χ4n) is 2.85. The molecule has 2 atom stereocenters. The third kappa shape index (κ3) is 2.09.